The van der Waals surface area contributed by atoms with Crippen molar-refractivity contribution in [3.05, 3.63) is 35.4 Å². The van der Waals surface area contributed by atoms with E-state index in [2.05, 4.69) is 18.6 Å². The Morgan fingerprint density at radius 3 is 2.15 bits per heavy atom. The molecular weight excluding hydrogens is 164 g/mol. The molecule has 0 saturated carbocycles. The molecule has 0 unspecified atom stereocenters. The summed E-state index contributed by atoms with van der Waals surface area (Å²) in [6, 6.07) is 7.50. The lowest BCUT2D eigenvalue weighted by Crippen LogP contribution is -2.01. The van der Waals surface area contributed by atoms with Crippen molar-refractivity contribution >= 4 is 5.97 Å². The molecule has 70 valence electrons. The van der Waals surface area contributed by atoms with Crippen molar-refractivity contribution in [2.24, 2.45) is 0 Å². The number of hydrogen-bond acceptors (Lipinski definition) is 2. The quantitative estimate of drug-likeness (QED) is 0.651. The maximum absolute atomic E-state index is 11.1. The van der Waals surface area contributed by atoms with Crippen LogP contribution < -0.4 is 0 Å². The van der Waals surface area contributed by atoms with E-state index in [4.69, 9.17) is 0 Å². The van der Waals surface area contributed by atoms with Crippen LogP contribution in [0.2, 0.25) is 0 Å². The van der Waals surface area contributed by atoms with Gasteiger partial charge in [-0.3, -0.25) is 0 Å². The van der Waals surface area contributed by atoms with E-state index in [1.807, 2.05) is 12.1 Å². The van der Waals surface area contributed by atoms with Crippen LogP contribution in [0.15, 0.2) is 24.3 Å². The minimum absolute atomic E-state index is 0.282. The normalized spacial score (nSPS) is 10.2. The number of benzene rings is 1. The van der Waals surface area contributed by atoms with Crippen molar-refractivity contribution < 1.29 is 9.53 Å². The van der Waals surface area contributed by atoms with Crippen molar-refractivity contribution in [1.29, 1.82) is 0 Å². The summed E-state index contributed by atoms with van der Waals surface area (Å²) in [4.78, 5) is 11.1. The second-order valence-electron chi connectivity index (χ2n) is 3.27. The fourth-order valence-corrected chi connectivity index (χ4v) is 1.12. The molecule has 0 aliphatic carbocycles. The third-order valence-electron chi connectivity index (χ3n) is 2.00. The first kappa shape index (κ1) is 9.78. The third kappa shape index (κ3) is 2.31. The van der Waals surface area contributed by atoms with Crippen LogP contribution in [0.5, 0.6) is 0 Å². The van der Waals surface area contributed by atoms with Crippen LogP contribution in [0, 0.1) is 0 Å². The zero-order chi connectivity index (χ0) is 9.84. The first-order valence-corrected chi connectivity index (χ1v) is 4.33. The average molecular weight is 178 g/mol. The summed E-state index contributed by atoms with van der Waals surface area (Å²) >= 11 is 0. The zero-order valence-electron chi connectivity index (χ0n) is 8.20. The van der Waals surface area contributed by atoms with E-state index in [1.54, 1.807) is 12.1 Å². The van der Waals surface area contributed by atoms with Gasteiger partial charge in [-0.15, -0.1) is 0 Å². The van der Waals surface area contributed by atoms with Crippen LogP contribution in [0.3, 0.4) is 0 Å². The van der Waals surface area contributed by atoms with Gasteiger partial charge < -0.3 is 4.74 Å². The highest BCUT2D eigenvalue weighted by Crippen LogP contribution is 2.14. The molecule has 1 aromatic rings. The Balaban J connectivity index is 2.87. The van der Waals surface area contributed by atoms with Crippen molar-refractivity contribution in [3.8, 4) is 0 Å². The summed E-state index contributed by atoms with van der Waals surface area (Å²) in [5.41, 5.74) is 1.83. The number of ether oxygens (including phenoxy) is 1. The molecule has 0 saturated heterocycles. The fraction of sp³-hybridized carbons (Fsp3) is 0.364. The Morgan fingerprint density at radius 2 is 1.77 bits per heavy atom. The average Bonchev–Trinajstić information content (AvgIpc) is 2.17. The smallest absolute Gasteiger partial charge is 0.337 e. The first-order chi connectivity index (χ1) is 6.15. The van der Waals surface area contributed by atoms with Gasteiger partial charge in [0.25, 0.3) is 0 Å². The van der Waals surface area contributed by atoms with Crippen LogP contribution in [-0.2, 0) is 4.74 Å². The van der Waals surface area contributed by atoms with Gasteiger partial charge in [-0.05, 0) is 23.6 Å². The largest absolute Gasteiger partial charge is 0.465 e. The standard InChI is InChI=1S/C11H14O2/c1-8(2)9-4-6-10(7-5-9)11(12)13-3/h4-8H,1-3H3. The topological polar surface area (TPSA) is 26.3 Å². The van der Waals surface area contributed by atoms with E-state index in [-0.39, 0.29) is 5.97 Å². The molecule has 1 rings (SSSR count). The third-order valence-corrected chi connectivity index (χ3v) is 2.00. The van der Waals surface area contributed by atoms with E-state index in [9.17, 15) is 4.79 Å². The van der Waals surface area contributed by atoms with Crippen molar-refractivity contribution in [1.82, 2.24) is 0 Å². The van der Waals surface area contributed by atoms with Crippen LogP contribution in [0.4, 0.5) is 0 Å². The minimum atomic E-state index is -0.282. The number of hydrogen-bond donors (Lipinski definition) is 0. The number of carbonyl (C=O) groups excluding carboxylic acids is 1. The van der Waals surface area contributed by atoms with Crippen molar-refractivity contribution in [2.45, 2.75) is 19.8 Å². The predicted molar refractivity (Wildman–Crippen MR) is 51.9 cm³/mol. The Hall–Kier alpha value is -1.31. The van der Waals surface area contributed by atoms with E-state index in [1.165, 1.54) is 12.7 Å². The lowest BCUT2D eigenvalue weighted by molar-refractivity contribution is 0.0600. The molecule has 0 aliphatic rings. The molecule has 0 atom stereocenters. The molecule has 0 bridgehead atoms. The molecule has 2 nitrogen and oxygen atoms in total. The van der Waals surface area contributed by atoms with Gasteiger partial charge in [-0.2, -0.15) is 0 Å². The van der Waals surface area contributed by atoms with Crippen LogP contribution in [0.25, 0.3) is 0 Å². The number of methoxy groups -OCH3 is 1. The summed E-state index contributed by atoms with van der Waals surface area (Å²) in [7, 11) is 1.39. The zero-order valence-corrected chi connectivity index (χ0v) is 8.20. The minimum Gasteiger partial charge on any atom is -0.465 e. The molecule has 0 N–H and O–H groups in total. The molecule has 0 amide bonds. The van der Waals surface area contributed by atoms with Gasteiger partial charge in [0.15, 0.2) is 0 Å². The maximum atomic E-state index is 11.1. The summed E-state index contributed by atoms with van der Waals surface area (Å²) in [5.74, 6) is 0.210. The van der Waals surface area contributed by atoms with E-state index < -0.39 is 0 Å². The molecule has 0 aliphatic heterocycles. The molecular formula is C11H14O2. The Morgan fingerprint density at radius 1 is 1.23 bits per heavy atom. The molecule has 0 aromatic heterocycles. The number of carbonyl (C=O) groups is 1. The van der Waals surface area contributed by atoms with Gasteiger partial charge in [-0.1, -0.05) is 26.0 Å². The number of esters is 1. The molecule has 1 aromatic carbocycles. The van der Waals surface area contributed by atoms with Gasteiger partial charge in [0, 0.05) is 0 Å². The van der Waals surface area contributed by atoms with E-state index in [0.29, 0.717) is 11.5 Å². The molecule has 0 heterocycles. The summed E-state index contributed by atoms with van der Waals surface area (Å²) < 4.78 is 4.60. The lowest BCUT2D eigenvalue weighted by atomic mass is 10.0. The lowest BCUT2D eigenvalue weighted by Gasteiger charge is -2.05. The monoisotopic (exact) mass is 178 g/mol. The van der Waals surface area contributed by atoms with Crippen molar-refractivity contribution in [2.75, 3.05) is 7.11 Å². The van der Waals surface area contributed by atoms with E-state index >= 15 is 0 Å². The highest BCUT2D eigenvalue weighted by Gasteiger charge is 2.05. The second kappa shape index (κ2) is 4.08. The van der Waals surface area contributed by atoms with Gasteiger partial charge in [0.1, 0.15) is 0 Å². The molecule has 0 fully saturated rings. The highest BCUT2D eigenvalue weighted by molar-refractivity contribution is 5.89. The Bertz CT molecular complexity index is 285. The fourth-order valence-electron chi connectivity index (χ4n) is 1.12. The Labute approximate surface area is 78.5 Å². The molecule has 0 radical (unpaired) electrons. The van der Waals surface area contributed by atoms with Crippen molar-refractivity contribution in [3.63, 3.8) is 0 Å². The summed E-state index contributed by atoms with van der Waals surface area (Å²) in [6.45, 7) is 4.24. The Kier molecular flexibility index (Phi) is 3.07. The van der Waals surface area contributed by atoms with Gasteiger partial charge in [-0.25, -0.2) is 4.79 Å². The van der Waals surface area contributed by atoms with Crippen LogP contribution in [0.1, 0.15) is 35.7 Å². The number of rotatable bonds is 2. The second-order valence-corrected chi connectivity index (χ2v) is 3.27. The molecule has 13 heavy (non-hydrogen) atoms. The van der Waals surface area contributed by atoms with E-state index in [0.717, 1.165) is 0 Å². The summed E-state index contributed by atoms with van der Waals surface area (Å²) in [6.07, 6.45) is 0. The SMILES string of the molecule is COC(=O)c1ccc(C(C)C)cc1. The van der Waals surface area contributed by atoms with Gasteiger partial charge in [0.2, 0.25) is 0 Å². The maximum Gasteiger partial charge on any atom is 0.337 e. The predicted octanol–water partition coefficient (Wildman–Crippen LogP) is 2.60. The van der Waals surface area contributed by atoms with Gasteiger partial charge in [0.05, 0.1) is 12.7 Å². The van der Waals surface area contributed by atoms with Crippen LogP contribution >= 0.6 is 0 Å². The van der Waals surface area contributed by atoms with Crippen LogP contribution in [-0.4, -0.2) is 13.1 Å². The highest BCUT2D eigenvalue weighted by atomic mass is 16.5. The first-order valence-electron chi connectivity index (χ1n) is 4.33. The molecule has 2 heteroatoms. The summed E-state index contributed by atoms with van der Waals surface area (Å²) in [5, 5.41) is 0. The molecule has 0 spiro atoms. The van der Waals surface area contributed by atoms with Gasteiger partial charge >= 0.3 is 5.97 Å².